The highest BCUT2D eigenvalue weighted by Crippen LogP contribution is 2.47. The number of rotatable bonds is 8. The predicted octanol–water partition coefficient (Wildman–Crippen LogP) is 4.10. The van der Waals surface area contributed by atoms with Crippen LogP contribution in [0.15, 0.2) is 35.6 Å². The third-order valence-corrected chi connectivity index (χ3v) is 7.38. The summed E-state index contributed by atoms with van der Waals surface area (Å²) in [6.45, 7) is 4.19. The van der Waals surface area contributed by atoms with E-state index in [4.69, 9.17) is 9.47 Å². The Kier molecular flexibility index (Phi) is 7.25. The topological polar surface area (TPSA) is 59.1 Å². The van der Waals surface area contributed by atoms with E-state index in [1.807, 2.05) is 43.3 Å². The van der Waals surface area contributed by atoms with Gasteiger partial charge in [-0.3, -0.25) is 9.59 Å². The van der Waals surface area contributed by atoms with Gasteiger partial charge in [-0.15, -0.1) is 0 Å². The Morgan fingerprint density at radius 2 is 1.94 bits per heavy atom. The minimum Gasteiger partial charge on any atom is -0.494 e. The molecule has 0 bridgehead atoms. The van der Waals surface area contributed by atoms with E-state index < -0.39 is 6.04 Å². The summed E-state index contributed by atoms with van der Waals surface area (Å²) in [4.78, 5) is 31.4. The van der Waals surface area contributed by atoms with Crippen LogP contribution in [0.2, 0.25) is 0 Å². The number of halogens is 1. The number of alkyl halides is 1. The van der Waals surface area contributed by atoms with Gasteiger partial charge in [-0.2, -0.15) is 0 Å². The fraction of sp³-hybridized carbons (Fsp3) is 0.600. The zero-order valence-electron chi connectivity index (χ0n) is 19.2. The third-order valence-electron chi connectivity index (χ3n) is 6.55. The lowest BCUT2D eigenvalue weighted by atomic mass is 9.77. The average Bonchev–Trinajstić information content (AvgIpc) is 3.05. The van der Waals surface area contributed by atoms with Crippen LogP contribution in [0.1, 0.15) is 50.6 Å². The van der Waals surface area contributed by atoms with E-state index in [0.717, 1.165) is 50.0 Å². The Hall–Kier alpha value is -1.86. The number of benzene rings is 1. The lowest BCUT2D eigenvalue weighted by molar-refractivity contribution is -0.135. The van der Waals surface area contributed by atoms with E-state index in [2.05, 4.69) is 27.8 Å². The Bertz CT molecular complexity index is 882. The van der Waals surface area contributed by atoms with Gasteiger partial charge in [0.2, 0.25) is 0 Å². The molecule has 4 unspecified atom stereocenters. The molecule has 7 heteroatoms. The maximum atomic E-state index is 13.7. The van der Waals surface area contributed by atoms with Crippen LogP contribution in [-0.2, 0) is 14.3 Å². The Morgan fingerprint density at radius 3 is 2.62 bits per heavy atom. The maximum absolute atomic E-state index is 13.7. The molecule has 2 heterocycles. The van der Waals surface area contributed by atoms with Crippen molar-refractivity contribution in [1.82, 2.24) is 9.80 Å². The summed E-state index contributed by atoms with van der Waals surface area (Å²) in [5, 5.41) is 0. The van der Waals surface area contributed by atoms with Gasteiger partial charge in [0.15, 0.2) is 11.5 Å². The van der Waals surface area contributed by atoms with E-state index in [9.17, 15) is 9.59 Å². The van der Waals surface area contributed by atoms with Gasteiger partial charge < -0.3 is 19.3 Å². The maximum Gasteiger partial charge on any atom is 0.290 e. The second-order valence-electron chi connectivity index (χ2n) is 9.26. The molecule has 1 amide bonds. The molecule has 6 nitrogen and oxygen atoms in total. The minimum atomic E-state index is -0.399. The molecule has 4 atom stereocenters. The predicted molar refractivity (Wildman–Crippen MR) is 127 cm³/mol. The van der Waals surface area contributed by atoms with Gasteiger partial charge in [-0.1, -0.05) is 35.0 Å². The number of ether oxygens (including phenoxy) is 2. The third kappa shape index (κ3) is 4.60. The first kappa shape index (κ1) is 23.3. The number of ketones is 1. The summed E-state index contributed by atoms with van der Waals surface area (Å²) < 4.78 is 12.0. The quantitative estimate of drug-likeness (QED) is 0.498. The van der Waals surface area contributed by atoms with Crippen molar-refractivity contribution in [2.24, 2.45) is 5.92 Å². The van der Waals surface area contributed by atoms with E-state index >= 15 is 0 Å². The van der Waals surface area contributed by atoms with Crippen LogP contribution in [0.5, 0.6) is 5.75 Å². The summed E-state index contributed by atoms with van der Waals surface area (Å²) in [7, 11) is 4.05. The van der Waals surface area contributed by atoms with E-state index in [0.29, 0.717) is 23.6 Å². The zero-order valence-corrected chi connectivity index (χ0v) is 20.8. The number of hydrogen-bond donors (Lipinski definition) is 0. The first-order valence-corrected chi connectivity index (χ1v) is 12.6. The fourth-order valence-electron chi connectivity index (χ4n) is 4.96. The molecule has 1 aromatic rings. The molecule has 0 N–H and O–H groups in total. The van der Waals surface area contributed by atoms with Crippen LogP contribution < -0.4 is 4.74 Å². The molecule has 2 aliphatic heterocycles. The van der Waals surface area contributed by atoms with Gasteiger partial charge in [-0.25, -0.2) is 0 Å². The highest BCUT2D eigenvalue weighted by molar-refractivity contribution is 9.09. The van der Waals surface area contributed by atoms with Crippen LogP contribution in [0.3, 0.4) is 0 Å². The molecule has 1 saturated carbocycles. The molecule has 1 aliphatic carbocycles. The molecule has 4 rings (SSSR count). The molecule has 32 heavy (non-hydrogen) atoms. The lowest BCUT2D eigenvalue weighted by Crippen LogP contribution is -2.41. The monoisotopic (exact) mass is 504 g/mol. The van der Waals surface area contributed by atoms with E-state index in [1.54, 1.807) is 0 Å². The Morgan fingerprint density at radius 1 is 1.19 bits per heavy atom. The van der Waals surface area contributed by atoms with E-state index in [1.165, 1.54) is 0 Å². The lowest BCUT2D eigenvalue weighted by Gasteiger charge is -2.37. The van der Waals surface area contributed by atoms with Crippen molar-refractivity contribution in [3.8, 4) is 5.75 Å². The highest BCUT2D eigenvalue weighted by atomic mass is 79.9. The normalized spacial score (nSPS) is 27.5. The van der Waals surface area contributed by atoms with Crippen LogP contribution in [0, 0.1) is 5.92 Å². The van der Waals surface area contributed by atoms with Gasteiger partial charge in [0, 0.05) is 11.4 Å². The average molecular weight is 505 g/mol. The van der Waals surface area contributed by atoms with Crippen LogP contribution in [0.25, 0.3) is 0 Å². The smallest absolute Gasteiger partial charge is 0.290 e. The number of fused-ring (bicyclic) bond motifs is 1. The zero-order chi connectivity index (χ0) is 22.8. The van der Waals surface area contributed by atoms with Crippen LogP contribution >= 0.6 is 15.9 Å². The van der Waals surface area contributed by atoms with Crippen molar-refractivity contribution in [3.63, 3.8) is 0 Å². The van der Waals surface area contributed by atoms with Crippen molar-refractivity contribution in [2.75, 3.05) is 33.8 Å². The van der Waals surface area contributed by atoms with Gasteiger partial charge in [0.25, 0.3) is 5.91 Å². The summed E-state index contributed by atoms with van der Waals surface area (Å²) in [5.74, 6) is 0.832. The largest absolute Gasteiger partial charge is 0.494 e. The molecule has 1 fully saturated rings. The second kappa shape index (κ2) is 9.96. The van der Waals surface area contributed by atoms with Gasteiger partial charge in [-0.05, 0) is 70.4 Å². The molecular weight excluding hydrogens is 472 g/mol. The summed E-state index contributed by atoms with van der Waals surface area (Å²) in [6.07, 6.45) is 4.10. The summed E-state index contributed by atoms with van der Waals surface area (Å²) in [6, 6.07) is 7.41. The molecular formula is C25H33BrN2O4. The molecule has 0 saturated heterocycles. The first-order chi connectivity index (χ1) is 15.4. The Labute approximate surface area is 199 Å². The molecule has 3 aliphatic rings. The van der Waals surface area contributed by atoms with Crippen LogP contribution in [-0.4, -0.2) is 66.2 Å². The van der Waals surface area contributed by atoms with Crippen molar-refractivity contribution in [2.45, 2.75) is 56.0 Å². The fourth-order valence-corrected chi connectivity index (χ4v) is 5.63. The number of amides is 1. The number of carbonyl (C=O) groups is 2. The van der Waals surface area contributed by atoms with Crippen molar-refractivity contribution in [1.29, 1.82) is 0 Å². The van der Waals surface area contributed by atoms with Crippen molar-refractivity contribution < 1.29 is 19.1 Å². The summed E-state index contributed by atoms with van der Waals surface area (Å²) in [5.41, 5.74) is 1.48. The summed E-state index contributed by atoms with van der Waals surface area (Å²) >= 11 is 3.69. The minimum absolute atomic E-state index is 0.0835. The Balaban J connectivity index is 1.66. The number of nitrogens with zero attached hydrogens (tertiary/aromatic N) is 2. The molecule has 0 aromatic heterocycles. The SMILES string of the molecule is CCCOc1ccc(C2C3=C(OC4CCC(Br)CC4C3=O)C(=O)N2CCCN(C)C)cc1. The van der Waals surface area contributed by atoms with Crippen LogP contribution in [0.4, 0.5) is 0 Å². The second-order valence-corrected chi connectivity index (χ2v) is 10.6. The number of Topliss-reactive ketones (excluding diaryl/α,β-unsaturated/α-hetero) is 1. The number of hydrogen-bond acceptors (Lipinski definition) is 5. The van der Waals surface area contributed by atoms with E-state index in [-0.39, 0.29) is 29.5 Å². The molecule has 0 radical (unpaired) electrons. The standard InChI is InChI=1S/C25H33BrN2O4/c1-4-14-31-18-9-6-16(7-10-18)22-21-23(29)19-15-17(26)8-11-20(19)32-24(21)25(30)28(22)13-5-12-27(2)3/h6-7,9-10,17,19-20,22H,4-5,8,11-15H2,1-3H3. The highest BCUT2D eigenvalue weighted by Gasteiger charge is 2.52. The molecule has 174 valence electrons. The number of carbonyl (C=O) groups excluding carboxylic acids is 2. The van der Waals surface area contributed by atoms with Gasteiger partial charge >= 0.3 is 0 Å². The van der Waals surface area contributed by atoms with Gasteiger partial charge in [0.05, 0.1) is 24.1 Å². The molecule has 0 spiro atoms. The molecule has 1 aromatic carbocycles. The first-order valence-electron chi connectivity index (χ1n) is 11.7. The van der Waals surface area contributed by atoms with Gasteiger partial charge in [0.1, 0.15) is 11.9 Å². The van der Waals surface area contributed by atoms with Crippen molar-refractivity contribution in [3.05, 3.63) is 41.2 Å². The van der Waals surface area contributed by atoms with Crippen molar-refractivity contribution >= 4 is 27.6 Å².